The molecule has 2 aromatic rings. The number of hydrogen-bond donors (Lipinski definition) is 2. The highest BCUT2D eigenvalue weighted by Crippen LogP contribution is 2.29. The van der Waals surface area contributed by atoms with Gasteiger partial charge in [0.15, 0.2) is 5.16 Å². The van der Waals surface area contributed by atoms with Gasteiger partial charge in [-0.2, -0.15) is 4.31 Å². The summed E-state index contributed by atoms with van der Waals surface area (Å²) in [7, 11) is -3.63. The van der Waals surface area contributed by atoms with Gasteiger partial charge in [-0.15, -0.1) is 0 Å². The lowest BCUT2D eigenvalue weighted by Gasteiger charge is -2.26. The van der Waals surface area contributed by atoms with Crippen LogP contribution in [0.15, 0.2) is 28.3 Å². The van der Waals surface area contributed by atoms with Crippen LogP contribution in [0.3, 0.4) is 0 Å². The summed E-state index contributed by atoms with van der Waals surface area (Å²) in [4.78, 5) is 28.6. The molecule has 1 saturated heterocycles. The van der Waals surface area contributed by atoms with Crippen molar-refractivity contribution in [3.05, 3.63) is 18.2 Å². The number of sulfonamides is 1. The number of morpholine rings is 1. The fraction of sp³-hybridized carbons (Fsp3) is 0.526. The molecule has 1 aliphatic rings. The molecule has 3 rings (SSSR count). The average Bonchev–Trinajstić information content (AvgIpc) is 3.10. The molecule has 2 N–H and O–H groups in total. The molecule has 12 heteroatoms. The summed E-state index contributed by atoms with van der Waals surface area (Å²) in [5, 5.41) is 4.82. The van der Waals surface area contributed by atoms with E-state index in [1.165, 1.54) is 16.1 Å². The van der Waals surface area contributed by atoms with Crippen LogP contribution < -0.4 is 10.6 Å². The topological polar surface area (TPSA) is 123 Å². The van der Waals surface area contributed by atoms with Crippen LogP contribution in [0.4, 0.5) is 4.79 Å². The molecule has 1 aromatic heterocycles. The summed E-state index contributed by atoms with van der Waals surface area (Å²) >= 11 is 1.21. The number of nitrogens with zero attached hydrogens (tertiary/aromatic N) is 3. The van der Waals surface area contributed by atoms with Gasteiger partial charge in [0.2, 0.25) is 15.9 Å². The second kappa shape index (κ2) is 9.98. The highest BCUT2D eigenvalue weighted by molar-refractivity contribution is 8.00. The van der Waals surface area contributed by atoms with Gasteiger partial charge in [0, 0.05) is 26.2 Å². The van der Waals surface area contributed by atoms with Crippen LogP contribution in [-0.2, 0) is 26.1 Å². The number of thioether (sulfide) groups is 1. The number of aryl methyl sites for hydroxylation is 1. The number of urea groups is 1. The van der Waals surface area contributed by atoms with Crippen molar-refractivity contribution >= 4 is 44.8 Å². The first-order chi connectivity index (χ1) is 14.8. The van der Waals surface area contributed by atoms with E-state index >= 15 is 0 Å². The highest BCUT2D eigenvalue weighted by Gasteiger charge is 2.27. The number of hydrogen-bond acceptors (Lipinski definition) is 7. The molecule has 1 aliphatic heterocycles. The van der Waals surface area contributed by atoms with Crippen molar-refractivity contribution in [3.63, 3.8) is 0 Å². The zero-order valence-corrected chi connectivity index (χ0v) is 19.4. The Hall–Kier alpha value is -2.15. The van der Waals surface area contributed by atoms with Crippen LogP contribution in [0.1, 0.15) is 20.8 Å². The summed E-state index contributed by atoms with van der Waals surface area (Å²) in [5.74, 6) is -0.429. The van der Waals surface area contributed by atoms with Crippen molar-refractivity contribution in [1.29, 1.82) is 0 Å². The molecule has 0 bridgehead atoms. The molecule has 31 heavy (non-hydrogen) atoms. The minimum absolute atomic E-state index is 0.182. The van der Waals surface area contributed by atoms with Gasteiger partial charge in [-0.25, -0.2) is 18.2 Å². The van der Waals surface area contributed by atoms with Gasteiger partial charge >= 0.3 is 6.03 Å². The lowest BCUT2D eigenvalue weighted by molar-refractivity contribution is -0.119. The van der Waals surface area contributed by atoms with E-state index in [1.807, 2.05) is 11.5 Å². The summed E-state index contributed by atoms with van der Waals surface area (Å²) in [6, 6.07) is 4.35. The predicted octanol–water partition coefficient (Wildman–Crippen LogP) is 1.40. The molecule has 0 radical (unpaired) electrons. The van der Waals surface area contributed by atoms with Crippen molar-refractivity contribution in [1.82, 2.24) is 24.5 Å². The Morgan fingerprint density at radius 1 is 1.26 bits per heavy atom. The maximum atomic E-state index is 13.0. The van der Waals surface area contributed by atoms with Crippen molar-refractivity contribution in [2.24, 2.45) is 0 Å². The Bertz CT molecular complexity index is 1060. The van der Waals surface area contributed by atoms with Gasteiger partial charge in [-0.05, 0) is 39.0 Å². The number of benzene rings is 1. The second-order valence-corrected chi connectivity index (χ2v) is 10.2. The van der Waals surface area contributed by atoms with Crippen molar-refractivity contribution < 1.29 is 22.7 Å². The largest absolute Gasteiger partial charge is 0.379 e. The average molecular weight is 470 g/mol. The van der Waals surface area contributed by atoms with Gasteiger partial charge in [0.1, 0.15) is 0 Å². The van der Waals surface area contributed by atoms with E-state index in [-0.39, 0.29) is 4.90 Å². The van der Waals surface area contributed by atoms with Gasteiger partial charge in [0.05, 0.1) is 34.4 Å². The number of imidazole rings is 1. The minimum atomic E-state index is -3.63. The number of rotatable bonds is 7. The maximum absolute atomic E-state index is 13.0. The van der Waals surface area contributed by atoms with Crippen molar-refractivity contribution in [2.45, 2.75) is 42.6 Å². The van der Waals surface area contributed by atoms with Crippen LogP contribution in [0.5, 0.6) is 0 Å². The number of fused-ring (bicyclic) bond motifs is 1. The van der Waals surface area contributed by atoms with E-state index in [0.29, 0.717) is 50.1 Å². The normalized spacial score (nSPS) is 16.2. The molecule has 0 aliphatic carbocycles. The number of imide groups is 1. The third-order valence-electron chi connectivity index (χ3n) is 4.83. The fourth-order valence-electron chi connectivity index (χ4n) is 3.21. The third kappa shape index (κ3) is 5.20. The Balaban J connectivity index is 1.85. The number of nitrogens with one attached hydrogen (secondary N) is 2. The van der Waals surface area contributed by atoms with Gasteiger partial charge in [-0.3, -0.25) is 10.1 Å². The van der Waals surface area contributed by atoms with Crippen molar-refractivity contribution in [3.8, 4) is 0 Å². The molecule has 3 amide bonds. The van der Waals surface area contributed by atoms with Crippen LogP contribution >= 0.6 is 11.8 Å². The molecule has 0 unspecified atom stereocenters. The molecule has 10 nitrogen and oxygen atoms in total. The summed E-state index contributed by atoms with van der Waals surface area (Å²) in [5.41, 5.74) is 1.32. The van der Waals surface area contributed by atoms with E-state index in [1.54, 1.807) is 32.0 Å². The van der Waals surface area contributed by atoms with Crippen LogP contribution in [0, 0.1) is 0 Å². The Morgan fingerprint density at radius 2 is 1.97 bits per heavy atom. The lowest BCUT2D eigenvalue weighted by atomic mass is 10.3. The van der Waals surface area contributed by atoms with Gasteiger partial charge in [0.25, 0.3) is 0 Å². The molecule has 170 valence electrons. The van der Waals surface area contributed by atoms with E-state index < -0.39 is 27.2 Å². The SMILES string of the molecule is CCNC(=O)NC(=O)[C@H](C)Sc1nc2cc(S(=O)(=O)N3CCOCC3)ccc2n1CC. The molecule has 2 heterocycles. The standard InChI is InChI=1S/C19H27N5O5S2/c1-4-20-18(26)22-17(25)13(3)30-19-21-15-12-14(6-7-16(15)24(19)5-2)31(27,28)23-8-10-29-11-9-23/h6-7,12-13H,4-5,8-11H2,1-3H3,(H2,20,22,25,26)/t13-/m0/s1. The minimum Gasteiger partial charge on any atom is -0.379 e. The number of amides is 3. The Labute approximate surface area is 185 Å². The van der Waals surface area contributed by atoms with E-state index in [0.717, 1.165) is 5.52 Å². The quantitative estimate of drug-likeness (QED) is 0.588. The van der Waals surface area contributed by atoms with E-state index in [4.69, 9.17) is 4.74 Å². The number of aromatic nitrogens is 2. The lowest BCUT2D eigenvalue weighted by Crippen LogP contribution is -2.42. The number of carbonyl (C=O) groups excluding carboxylic acids is 2. The van der Waals surface area contributed by atoms with Crippen molar-refractivity contribution in [2.75, 3.05) is 32.8 Å². The van der Waals surface area contributed by atoms with Crippen LogP contribution in [0.2, 0.25) is 0 Å². The van der Waals surface area contributed by atoms with Crippen LogP contribution in [0.25, 0.3) is 11.0 Å². The molecule has 1 atom stereocenters. The Kier molecular flexibility index (Phi) is 7.57. The smallest absolute Gasteiger partial charge is 0.321 e. The van der Waals surface area contributed by atoms with E-state index in [2.05, 4.69) is 15.6 Å². The highest BCUT2D eigenvalue weighted by atomic mass is 32.2. The van der Waals surface area contributed by atoms with Gasteiger partial charge < -0.3 is 14.6 Å². The Morgan fingerprint density at radius 3 is 2.61 bits per heavy atom. The second-order valence-electron chi connectivity index (χ2n) is 6.91. The third-order valence-corrected chi connectivity index (χ3v) is 7.82. The molecule has 1 aromatic carbocycles. The first-order valence-electron chi connectivity index (χ1n) is 10.1. The summed E-state index contributed by atoms with van der Waals surface area (Å²) < 4.78 is 34.5. The molecular formula is C19H27N5O5S2. The summed E-state index contributed by atoms with van der Waals surface area (Å²) in [6.07, 6.45) is 0. The molecule has 0 spiro atoms. The monoisotopic (exact) mass is 469 g/mol. The molecule has 1 fully saturated rings. The number of ether oxygens (including phenoxy) is 1. The maximum Gasteiger partial charge on any atom is 0.321 e. The van der Waals surface area contributed by atoms with Crippen LogP contribution in [-0.4, -0.2) is 72.3 Å². The molecule has 0 saturated carbocycles. The first kappa shape index (κ1) is 23.5. The van der Waals surface area contributed by atoms with Gasteiger partial charge in [-0.1, -0.05) is 11.8 Å². The number of carbonyl (C=O) groups is 2. The zero-order chi connectivity index (χ0) is 22.6. The molecular weight excluding hydrogens is 442 g/mol. The fourth-order valence-corrected chi connectivity index (χ4v) is 5.63. The van der Waals surface area contributed by atoms with E-state index in [9.17, 15) is 18.0 Å². The predicted molar refractivity (Wildman–Crippen MR) is 118 cm³/mol. The summed E-state index contributed by atoms with van der Waals surface area (Å²) in [6.45, 7) is 7.81. The zero-order valence-electron chi connectivity index (χ0n) is 17.8. The first-order valence-corrected chi connectivity index (χ1v) is 12.4.